The highest BCUT2D eigenvalue weighted by Gasteiger charge is 2.35. The Morgan fingerprint density at radius 2 is 2.20 bits per heavy atom. The van der Waals surface area contributed by atoms with Gasteiger partial charge in [-0.05, 0) is 37.5 Å². The van der Waals surface area contributed by atoms with Gasteiger partial charge in [0, 0.05) is 6.42 Å². The van der Waals surface area contributed by atoms with Crippen molar-refractivity contribution < 1.29 is 14.3 Å². The van der Waals surface area contributed by atoms with Crippen molar-refractivity contribution in [3.63, 3.8) is 0 Å². The van der Waals surface area contributed by atoms with Gasteiger partial charge in [0.15, 0.2) is 0 Å². The first kappa shape index (κ1) is 16.0. The van der Waals surface area contributed by atoms with E-state index in [0.717, 1.165) is 5.56 Å². The van der Waals surface area contributed by atoms with Gasteiger partial charge < -0.3 is 9.47 Å². The number of carbonyl (C=O) groups is 1. The summed E-state index contributed by atoms with van der Waals surface area (Å²) in [5, 5.41) is 9.57. The van der Waals surface area contributed by atoms with Crippen LogP contribution in [0.5, 0.6) is 5.75 Å². The fourth-order valence-corrected chi connectivity index (χ4v) is 2.08. The van der Waals surface area contributed by atoms with E-state index in [4.69, 9.17) is 9.47 Å². The topological polar surface area (TPSA) is 59.3 Å². The lowest BCUT2D eigenvalue weighted by Crippen LogP contribution is -2.30. The van der Waals surface area contributed by atoms with Gasteiger partial charge in [-0.1, -0.05) is 19.1 Å². The van der Waals surface area contributed by atoms with Gasteiger partial charge in [-0.2, -0.15) is 5.26 Å². The van der Waals surface area contributed by atoms with E-state index in [-0.39, 0.29) is 18.3 Å². The molecule has 0 unspecified atom stereocenters. The van der Waals surface area contributed by atoms with Crippen molar-refractivity contribution in [2.75, 3.05) is 13.7 Å². The van der Waals surface area contributed by atoms with Crippen molar-refractivity contribution in [1.82, 2.24) is 0 Å². The average Bonchev–Trinajstić information content (AvgIpc) is 2.46. The largest absolute Gasteiger partial charge is 0.497 e. The highest BCUT2D eigenvalue weighted by Crippen LogP contribution is 2.35. The van der Waals surface area contributed by atoms with Crippen molar-refractivity contribution in [2.45, 2.75) is 32.6 Å². The monoisotopic (exact) mass is 275 g/mol. The molecule has 0 spiro atoms. The molecule has 1 aromatic carbocycles. The molecular weight excluding hydrogens is 254 g/mol. The van der Waals surface area contributed by atoms with Gasteiger partial charge in [0.05, 0.1) is 25.2 Å². The van der Waals surface area contributed by atoms with E-state index in [1.165, 1.54) is 0 Å². The van der Waals surface area contributed by atoms with E-state index < -0.39 is 5.41 Å². The Morgan fingerprint density at radius 1 is 1.50 bits per heavy atom. The summed E-state index contributed by atoms with van der Waals surface area (Å²) in [7, 11) is 1.59. The molecule has 0 bridgehead atoms. The Morgan fingerprint density at radius 3 is 2.75 bits per heavy atom. The van der Waals surface area contributed by atoms with Crippen LogP contribution in [-0.2, 0) is 14.9 Å². The Kier molecular flexibility index (Phi) is 5.57. The molecule has 1 aromatic rings. The normalized spacial score (nSPS) is 14.8. The Balaban J connectivity index is 3.01. The van der Waals surface area contributed by atoms with Gasteiger partial charge in [0.25, 0.3) is 0 Å². The molecule has 108 valence electrons. The molecule has 4 heteroatoms. The number of rotatable bonds is 6. The zero-order valence-electron chi connectivity index (χ0n) is 12.5. The van der Waals surface area contributed by atoms with E-state index >= 15 is 0 Å². The first-order chi connectivity index (χ1) is 9.47. The van der Waals surface area contributed by atoms with Gasteiger partial charge in [-0.3, -0.25) is 4.79 Å². The Labute approximate surface area is 120 Å². The zero-order valence-corrected chi connectivity index (χ0v) is 12.5. The van der Waals surface area contributed by atoms with E-state index in [1.807, 2.05) is 38.1 Å². The molecule has 0 aliphatic heterocycles. The molecule has 0 saturated heterocycles. The maximum absolute atomic E-state index is 11.6. The molecule has 4 nitrogen and oxygen atoms in total. The summed E-state index contributed by atoms with van der Waals surface area (Å²) in [5.41, 5.74) is 0.0811. The maximum atomic E-state index is 11.6. The van der Waals surface area contributed by atoms with E-state index in [9.17, 15) is 10.1 Å². The number of hydrogen-bond acceptors (Lipinski definition) is 4. The molecule has 1 rings (SSSR count). The second-order valence-electron chi connectivity index (χ2n) is 4.96. The van der Waals surface area contributed by atoms with Crippen molar-refractivity contribution in [3.8, 4) is 11.8 Å². The smallest absolute Gasteiger partial charge is 0.306 e. The molecule has 0 aliphatic rings. The third-order valence-electron chi connectivity index (χ3n) is 3.67. The molecule has 20 heavy (non-hydrogen) atoms. The molecule has 0 N–H and O–H groups in total. The summed E-state index contributed by atoms with van der Waals surface area (Å²) in [6.45, 7) is 5.85. The third kappa shape index (κ3) is 3.51. The molecule has 0 saturated carbocycles. The summed E-state index contributed by atoms with van der Waals surface area (Å²) in [6, 6.07) is 9.73. The number of methoxy groups -OCH3 is 1. The number of benzene rings is 1. The molecular formula is C16H21NO3. The van der Waals surface area contributed by atoms with Gasteiger partial charge in [0.2, 0.25) is 0 Å². The lowest BCUT2D eigenvalue weighted by molar-refractivity contribution is -0.144. The van der Waals surface area contributed by atoms with Crippen molar-refractivity contribution in [1.29, 1.82) is 5.26 Å². The standard InChI is InChI=1S/C16H21NO3/c1-5-20-15(18)9-12(2)16(3,11-17)13-7-6-8-14(10-13)19-4/h6-8,10,12H,5,9H2,1-4H3/t12-,16+/m1/s1. The van der Waals surface area contributed by atoms with Crippen LogP contribution in [0, 0.1) is 17.2 Å². The molecule has 0 heterocycles. The van der Waals surface area contributed by atoms with Gasteiger partial charge in [-0.15, -0.1) is 0 Å². The molecule has 0 aromatic heterocycles. The fraction of sp³-hybridized carbons (Fsp3) is 0.500. The lowest BCUT2D eigenvalue weighted by atomic mass is 9.72. The van der Waals surface area contributed by atoms with Gasteiger partial charge >= 0.3 is 5.97 Å². The molecule has 0 aliphatic carbocycles. The van der Waals surface area contributed by atoms with E-state index in [0.29, 0.717) is 12.4 Å². The number of carbonyl (C=O) groups excluding carboxylic acids is 1. The van der Waals surface area contributed by atoms with Crippen LogP contribution in [0.3, 0.4) is 0 Å². The van der Waals surface area contributed by atoms with Crippen LogP contribution in [-0.4, -0.2) is 19.7 Å². The summed E-state index contributed by atoms with van der Waals surface area (Å²) < 4.78 is 10.2. The van der Waals surface area contributed by atoms with Crippen LogP contribution in [0.4, 0.5) is 0 Å². The molecule has 0 amide bonds. The lowest BCUT2D eigenvalue weighted by Gasteiger charge is -2.29. The highest BCUT2D eigenvalue weighted by atomic mass is 16.5. The number of hydrogen-bond donors (Lipinski definition) is 0. The molecule has 0 radical (unpaired) electrons. The third-order valence-corrected chi connectivity index (χ3v) is 3.67. The number of nitriles is 1. The minimum absolute atomic E-state index is 0.154. The van der Waals surface area contributed by atoms with E-state index in [1.54, 1.807) is 14.0 Å². The van der Waals surface area contributed by atoms with Gasteiger partial charge in [-0.25, -0.2) is 0 Å². The van der Waals surface area contributed by atoms with Crippen LogP contribution in [0.25, 0.3) is 0 Å². The SMILES string of the molecule is CCOC(=O)C[C@@H](C)[C@](C)(C#N)c1cccc(OC)c1. The number of esters is 1. The summed E-state index contributed by atoms with van der Waals surface area (Å²) in [6.07, 6.45) is 0.217. The van der Waals surface area contributed by atoms with E-state index in [2.05, 4.69) is 6.07 Å². The van der Waals surface area contributed by atoms with Crippen LogP contribution >= 0.6 is 0 Å². The quantitative estimate of drug-likeness (QED) is 0.749. The van der Waals surface area contributed by atoms with Crippen molar-refractivity contribution in [2.24, 2.45) is 5.92 Å². The van der Waals surface area contributed by atoms with Crippen molar-refractivity contribution in [3.05, 3.63) is 29.8 Å². The average molecular weight is 275 g/mol. The zero-order chi connectivity index (χ0) is 15.2. The van der Waals surface area contributed by atoms with Crippen LogP contribution in [0.1, 0.15) is 32.8 Å². The fourth-order valence-electron chi connectivity index (χ4n) is 2.08. The predicted octanol–water partition coefficient (Wildman–Crippen LogP) is 3.07. The summed E-state index contributed by atoms with van der Waals surface area (Å²) >= 11 is 0. The molecule has 0 fully saturated rings. The number of nitrogens with zero attached hydrogens (tertiary/aromatic N) is 1. The predicted molar refractivity (Wildman–Crippen MR) is 76.4 cm³/mol. The minimum atomic E-state index is -0.763. The summed E-state index contributed by atoms with van der Waals surface area (Å²) in [4.78, 5) is 11.6. The number of ether oxygens (including phenoxy) is 2. The Bertz CT molecular complexity index is 507. The van der Waals surface area contributed by atoms with Crippen molar-refractivity contribution >= 4 is 5.97 Å². The minimum Gasteiger partial charge on any atom is -0.497 e. The second kappa shape index (κ2) is 6.95. The first-order valence-corrected chi connectivity index (χ1v) is 6.69. The summed E-state index contributed by atoms with van der Waals surface area (Å²) in [5.74, 6) is 0.273. The van der Waals surface area contributed by atoms with Crippen LogP contribution < -0.4 is 4.74 Å². The van der Waals surface area contributed by atoms with Crippen LogP contribution in [0.2, 0.25) is 0 Å². The molecule has 2 atom stereocenters. The van der Waals surface area contributed by atoms with Gasteiger partial charge in [0.1, 0.15) is 5.75 Å². The first-order valence-electron chi connectivity index (χ1n) is 6.69. The second-order valence-corrected chi connectivity index (χ2v) is 4.96. The Hall–Kier alpha value is -2.02. The highest BCUT2D eigenvalue weighted by molar-refractivity contribution is 5.70. The van der Waals surface area contributed by atoms with Crippen LogP contribution in [0.15, 0.2) is 24.3 Å². The maximum Gasteiger partial charge on any atom is 0.306 e.